The highest BCUT2D eigenvalue weighted by Crippen LogP contribution is 2.34. The van der Waals surface area contributed by atoms with Crippen LogP contribution in [0.5, 0.6) is 0 Å². The Morgan fingerprint density at radius 3 is 2.96 bits per heavy atom. The Bertz CT molecular complexity index is 828. The zero-order chi connectivity index (χ0) is 18.3. The molecule has 6 nitrogen and oxygen atoms in total. The topological polar surface area (TPSA) is 60.2 Å². The van der Waals surface area contributed by atoms with Crippen molar-refractivity contribution in [3.05, 3.63) is 38.8 Å². The molecule has 2 aliphatic heterocycles. The van der Waals surface area contributed by atoms with Crippen LogP contribution in [-0.2, 0) is 29.7 Å². The van der Waals surface area contributed by atoms with E-state index in [2.05, 4.69) is 30.8 Å². The molecule has 0 aromatic carbocycles. The van der Waals surface area contributed by atoms with Crippen LogP contribution in [-0.4, -0.2) is 34.0 Å². The number of rotatable bonds is 3. The van der Waals surface area contributed by atoms with Crippen molar-refractivity contribution in [2.75, 3.05) is 18.1 Å². The van der Waals surface area contributed by atoms with Crippen LogP contribution in [0.25, 0.3) is 0 Å². The summed E-state index contributed by atoms with van der Waals surface area (Å²) < 4.78 is 7.19. The summed E-state index contributed by atoms with van der Waals surface area (Å²) in [5.74, 6) is 0. The summed E-state index contributed by atoms with van der Waals surface area (Å²) in [7, 11) is 0. The molecule has 0 aliphatic carbocycles. The first-order chi connectivity index (χ1) is 12.4. The van der Waals surface area contributed by atoms with Gasteiger partial charge in [0, 0.05) is 24.4 Å². The van der Waals surface area contributed by atoms with E-state index in [-0.39, 0.29) is 17.0 Å². The van der Waals surface area contributed by atoms with Crippen molar-refractivity contribution >= 4 is 16.5 Å². The molecule has 0 amide bonds. The Hall–Kier alpha value is -1.73. The molecular formula is C19H26N4O2S. The van der Waals surface area contributed by atoms with E-state index in [0.29, 0.717) is 13.2 Å². The van der Waals surface area contributed by atoms with Gasteiger partial charge in [0.25, 0.3) is 5.56 Å². The molecule has 0 N–H and O–H groups in total. The van der Waals surface area contributed by atoms with E-state index in [1.807, 2.05) is 6.07 Å². The smallest absolute Gasteiger partial charge is 0.266 e. The third-order valence-corrected chi connectivity index (χ3v) is 6.23. The van der Waals surface area contributed by atoms with Gasteiger partial charge in [0.1, 0.15) is 0 Å². The van der Waals surface area contributed by atoms with Crippen molar-refractivity contribution < 1.29 is 4.74 Å². The fraction of sp³-hybridized carbons (Fsp3) is 0.632. The largest absolute Gasteiger partial charge is 0.375 e. The van der Waals surface area contributed by atoms with Gasteiger partial charge in [-0.25, -0.2) is 9.67 Å². The second-order valence-electron chi connectivity index (χ2n) is 8.15. The Labute approximate surface area is 157 Å². The predicted octanol–water partition coefficient (Wildman–Crippen LogP) is 2.74. The van der Waals surface area contributed by atoms with Crippen LogP contribution < -0.4 is 10.5 Å². The molecule has 2 aliphatic rings. The molecule has 140 valence electrons. The lowest BCUT2D eigenvalue weighted by Crippen LogP contribution is -2.38. The first kappa shape index (κ1) is 17.7. The number of ether oxygens (including phenoxy) is 1. The van der Waals surface area contributed by atoms with Crippen LogP contribution in [0, 0.1) is 0 Å². The van der Waals surface area contributed by atoms with Crippen LogP contribution in [0.1, 0.15) is 49.9 Å². The highest BCUT2D eigenvalue weighted by molar-refractivity contribution is 7.15. The lowest BCUT2D eigenvalue weighted by molar-refractivity contribution is 0.112. The van der Waals surface area contributed by atoms with E-state index < -0.39 is 0 Å². The van der Waals surface area contributed by atoms with Crippen LogP contribution in [0.3, 0.4) is 0 Å². The van der Waals surface area contributed by atoms with E-state index in [1.54, 1.807) is 22.1 Å². The minimum Gasteiger partial charge on any atom is -0.375 e. The van der Waals surface area contributed by atoms with Crippen molar-refractivity contribution in [3.63, 3.8) is 0 Å². The molecule has 0 spiro atoms. The molecular weight excluding hydrogens is 348 g/mol. The number of hydrogen-bond donors (Lipinski definition) is 0. The van der Waals surface area contributed by atoms with E-state index in [0.717, 1.165) is 43.2 Å². The quantitative estimate of drug-likeness (QED) is 0.827. The molecule has 4 rings (SSSR count). The molecule has 2 aromatic heterocycles. The van der Waals surface area contributed by atoms with Gasteiger partial charge in [-0.1, -0.05) is 32.1 Å². The van der Waals surface area contributed by atoms with Crippen LogP contribution in [0.15, 0.2) is 16.9 Å². The van der Waals surface area contributed by atoms with Gasteiger partial charge in [-0.05, 0) is 18.9 Å². The van der Waals surface area contributed by atoms with E-state index >= 15 is 0 Å². The minimum absolute atomic E-state index is 0.0308. The third kappa shape index (κ3) is 3.42. The van der Waals surface area contributed by atoms with Crippen LogP contribution in [0.4, 0.5) is 5.13 Å². The Morgan fingerprint density at radius 1 is 1.35 bits per heavy atom. The summed E-state index contributed by atoms with van der Waals surface area (Å²) in [5, 5.41) is 5.71. The maximum Gasteiger partial charge on any atom is 0.266 e. The summed E-state index contributed by atoms with van der Waals surface area (Å²) in [5.41, 5.74) is 2.03. The Balaban J connectivity index is 1.58. The van der Waals surface area contributed by atoms with Crippen LogP contribution >= 0.6 is 11.3 Å². The average Bonchev–Trinajstić information content (AvgIpc) is 3.21. The molecule has 0 saturated carbocycles. The van der Waals surface area contributed by atoms with E-state index in [9.17, 15) is 4.79 Å². The minimum atomic E-state index is -0.0703. The third-order valence-electron chi connectivity index (χ3n) is 5.12. The van der Waals surface area contributed by atoms with E-state index in [1.165, 1.54) is 10.6 Å². The molecule has 2 aromatic rings. The highest BCUT2D eigenvalue weighted by atomic mass is 32.1. The molecule has 1 fully saturated rings. The van der Waals surface area contributed by atoms with E-state index in [4.69, 9.17) is 9.72 Å². The molecule has 4 heterocycles. The highest BCUT2D eigenvalue weighted by Gasteiger charge is 2.30. The van der Waals surface area contributed by atoms with Gasteiger partial charge in [0.2, 0.25) is 0 Å². The zero-order valence-corrected chi connectivity index (χ0v) is 16.5. The van der Waals surface area contributed by atoms with Gasteiger partial charge >= 0.3 is 0 Å². The summed E-state index contributed by atoms with van der Waals surface area (Å²) in [6.45, 7) is 9.41. The standard InChI is InChI=1S/C19H26N4O2S/c1-19(2,3)16-6-7-17(24)23(21-16)11-13-5-4-9-22(13)18-20-14-8-10-25-12-15(14)26-18/h6-7,13H,4-5,8-12H2,1-3H3. The molecule has 1 saturated heterocycles. The van der Waals surface area contributed by atoms with Gasteiger partial charge in [0.15, 0.2) is 5.13 Å². The average molecular weight is 375 g/mol. The molecule has 26 heavy (non-hydrogen) atoms. The Kier molecular flexibility index (Phi) is 4.61. The number of aromatic nitrogens is 3. The first-order valence-corrected chi connectivity index (χ1v) is 10.1. The van der Waals surface area contributed by atoms with Crippen molar-refractivity contribution in [2.24, 2.45) is 0 Å². The normalized spacial score (nSPS) is 20.4. The zero-order valence-electron chi connectivity index (χ0n) is 15.7. The van der Waals surface area contributed by atoms with Gasteiger partial charge in [-0.15, -0.1) is 0 Å². The van der Waals surface area contributed by atoms with Crippen molar-refractivity contribution in [3.8, 4) is 0 Å². The number of nitrogens with zero attached hydrogens (tertiary/aromatic N) is 4. The first-order valence-electron chi connectivity index (χ1n) is 9.33. The molecule has 7 heteroatoms. The maximum atomic E-state index is 12.3. The molecule has 1 atom stereocenters. The molecule has 0 bridgehead atoms. The lowest BCUT2D eigenvalue weighted by Gasteiger charge is -2.25. The summed E-state index contributed by atoms with van der Waals surface area (Å²) in [6, 6.07) is 3.76. The Morgan fingerprint density at radius 2 is 2.19 bits per heavy atom. The monoisotopic (exact) mass is 374 g/mol. The van der Waals surface area contributed by atoms with Gasteiger partial charge < -0.3 is 9.64 Å². The molecule has 0 radical (unpaired) electrons. The van der Waals surface area contributed by atoms with Crippen molar-refractivity contribution in [1.29, 1.82) is 0 Å². The number of fused-ring (bicyclic) bond motifs is 1. The van der Waals surface area contributed by atoms with Crippen LogP contribution in [0.2, 0.25) is 0 Å². The summed E-state index contributed by atoms with van der Waals surface area (Å²) in [6.07, 6.45) is 3.09. The van der Waals surface area contributed by atoms with Crippen molar-refractivity contribution in [1.82, 2.24) is 14.8 Å². The fourth-order valence-electron chi connectivity index (χ4n) is 3.59. The second kappa shape index (κ2) is 6.78. The number of hydrogen-bond acceptors (Lipinski definition) is 6. The van der Waals surface area contributed by atoms with Gasteiger partial charge in [0.05, 0.1) is 42.1 Å². The molecule has 1 unspecified atom stereocenters. The number of thiazole rings is 1. The maximum absolute atomic E-state index is 12.3. The second-order valence-corrected chi connectivity index (χ2v) is 9.21. The summed E-state index contributed by atoms with van der Waals surface area (Å²) >= 11 is 1.74. The summed E-state index contributed by atoms with van der Waals surface area (Å²) in [4.78, 5) is 20.8. The lowest BCUT2D eigenvalue weighted by atomic mass is 9.92. The number of anilines is 1. The fourth-order valence-corrected chi connectivity index (χ4v) is 4.73. The van der Waals surface area contributed by atoms with Gasteiger partial charge in [-0.2, -0.15) is 5.10 Å². The SMILES string of the molecule is CC(C)(C)c1ccc(=O)n(CC2CCCN2c2nc3c(s2)COCC3)n1. The van der Waals surface area contributed by atoms with Gasteiger partial charge in [-0.3, -0.25) is 4.79 Å². The van der Waals surface area contributed by atoms with Crippen molar-refractivity contribution in [2.45, 2.75) is 64.6 Å². The predicted molar refractivity (Wildman–Crippen MR) is 103 cm³/mol.